The molecule has 0 atom stereocenters. The molecule has 0 aliphatic carbocycles. The number of nitrogens with one attached hydrogen (secondary N) is 1. The summed E-state index contributed by atoms with van der Waals surface area (Å²) in [5.74, 6) is 0.0517. The maximum atomic E-state index is 12.5. The maximum Gasteiger partial charge on any atom is 0.271 e. The van der Waals surface area contributed by atoms with Crippen molar-refractivity contribution in [3.63, 3.8) is 0 Å². The molecule has 0 unspecified atom stereocenters. The Morgan fingerprint density at radius 2 is 1.93 bits per heavy atom. The van der Waals surface area contributed by atoms with Crippen LogP contribution in [0.1, 0.15) is 41.7 Å². The standard InChI is InChI=1S/C20H27N5O2/c26-20(19-3-9-22-23-19)24-10-4-17(5-11-24)25(18-6-12-27-13-7-18)15-16-2-1-8-21-14-16/h1-3,8-9,14,17-18H,4-7,10-13,15H2,(H,22,23). The lowest BCUT2D eigenvalue weighted by molar-refractivity contribution is -0.00158. The molecule has 2 saturated heterocycles. The molecule has 0 radical (unpaired) electrons. The van der Waals surface area contributed by atoms with E-state index in [1.54, 1.807) is 12.3 Å². The molecule has 2 aromatic rings. The Kier molecular flexibility index (Phi) is 5.79. The van der Waals surface area contributed by atoms with Crippen LogP contribution in [0, 0.1) is 0 Å². The Labute approximate surface area is 159 Å². The quantitative estimate of drug-likeness (QED) is 0.874. The average Bonchev–Trinajstić information content (AvgIpc) is 3.28. The van der Waals surface area contributed by atoms with E-state index in [0.717, 1.165) is 58.5 Å². The van der Waals surface area contributed by atoms with Crippen LogP contribution in [0.3, 0.4) is 0 Å². The molecule has 0 spiro atoms. The number of aromatic nitrogens is 3. The number of rotatable bonds is 5. The van der Waals surface area contributed by atoms with Gasteiger partial charge in [0.05, 0.1) is 0 Å². The number of hydrogen-bond donors (Lipinski definition) is 1. The van der Waals surface area contributed by atoms with Crippen LogP contribution in [0.2, 0.25) is 0 Å². The second-order valence-corrected chi connectivity index (χ2v) is 7.37. The highest BCUT2D eigenvalue weighted by Gasteiger charge is 2.32. The van der Waals surface area contributed by atoms with Gasteiger partial charge in [-0.3, -0.25) is 19.8 Å². The van der Waals surface area contributed by atoms with Crippen LogP contribution in [0.4, 0.5) is 0 Å². The fourth-order valence-corrected chi connectivity index (χ4v) is 4.22. The van der Waals surface area contributed by atoms with Crippen LogP contribution >= 0.6 is 0 Å². The zero-order valence-electron chi connectivity index (χ0n) is 15.6. The van der Waals surface area contributed by atoms with Gasteiger partial charge in [-0.2, -0.15) is 5.10 Å². The van der Waals surface area contributed by atoms with Crippen molar-refractivity contribution in [2.24, 2.45) is 0 Å². The van der Waals surface area contributed by atoms with E-state index in [9.17, 15) is 4.79 Å². The van der Waals surface area contributed by atoms with Gasteiger partial charge in [0.2, 0.25) is 0 Å². The Morgan fingerprint density at radius 1 is 1.15 bits per heavy atom. The number of piperidine rings is 1. The van der Waals surface area contributed by atoms with Crippen LogP contribution in [0.25, 0.3) is 0 Å². The number of H-pyrrole nitrogens is 1. The van der Waals surface area contributed by atoms with Crippen molar-refractivity contribution in [1.82, 2.24) is 25.0 Å². The van der Waals surface area contributed by atoms with Crippen molar-refractivity contribution in [3.05, 3.63) is 48.0 Å². The molecule has 2 aromatic heterocycles. The Morgan fingerprint density at radius 3 is 2.59 bits per heavy atom. The van der Waals surface area contributed by atoms with Crippen molar-refractivity contribution in [1.29, 1.82) is 0 Å². The van der Waals surface area contributed by atoms with Crippen LogP contribution in [0.5, 0.6) is 0 Å². The fourth-order valence-electron chi connectivity index (χ4n) is 4.22. The highest BCUT2D eigenvalue weighted by Crippen LogP contribution is 2.26. The van der Waals surface area contributed by atoms with E-state index in [1.165, 1.54) is 5.56 Å². The van der Waals surface area contributed by atoms with Crippen molar-refractivity contribution in [2.75, 3.05) is 26.3 Å². The largest absolute Gasteiger partial charge is 0.381 e. The lowest BCUT2D eigenvalue weighted by Gasteiger charge is -2.43. The summed E-state index contributed by atoms with van der Waals surface area (Å²) in [4.78, 5) is 21.4. The van der Waals surface area contributed by atoms with E-state index in [4.69, 9.17) is 4.74 Å². The van der Waals surface area contributed by atoms with Crippen molar-refractivity contribution in [2.45, 2.75) is 44.3 Å². The second kappa shape index (κ2) is 8.63. The summed E-state index contributed by atoms with van der Waals surface area (Å²) < 4.78 is 5.58. The minimum Gasteiger partial charge on any atom is -0.381 e. The first-order chi connectivity index (χ1) is 13.3. The van der Waals surface area contributed by atoms with Crippen molar-refractivity contribution < 1.29 is 9.53 Å². The van der Waals surface area contributed by atoms with Gasteiger partial charge >= 0.3 is 0 Å². The van der Waals surface area contributed by atoms with E-state index >= 15 is 0 Å². The zero-order valence-corrected chi connectivity index (χ0v) is 15.6. The third kappa shape index (κ3) is 4.36. The number of likely N-dealkylation sites (tertiary alicyclic amines) is 1. The maximum absolute atomic E-state index is 12.5. The number of amides is 1. The molecular weight excluding hydrogens is 342 g/mol. The summed E-state index contributed by atoms with van der Waals surface area (Å²) in [6.45, 7) is 4.17. The minimum absolute atomic E-state index is 0.0517. The summed E-state index contributed by atoms with van der Waals surface area (Å²) in [5.41, 5.74) is 1.82. The van der Waals surface area contributed by atoms with Crippen LogP contribution in [-0.4, -0.2) is 69.3 Å². The van der Waals surface area contributed by atoms with Crippen LogP contribution in [-0.2, 0) is 11.3 Å². The topological polar surface area (TPSA) is 74.4 Å². The van der Waals surface area contributed by atoms with E-state index in [0.29, 0.717) is 17.8 Å². The molecule has 27 heavy (non-hydrogen) atoms. The fraction of sp³-hybridized carbons (Fsp3) is 0.550. The summed E-state index contributed by atoms with van der Waals surface area (Å²) in [7, 11) is 0. The summed E-state index contributed by atoms with van der Waals surface area (Å²) in [5, 5.41) is 6.67. The molecule has 2 aliphatic rings. The lowest BCUT2D eigenvalue weighted by atomic mass is 9.97. The number of carbonyl (C=O) groups is 1. The SMILES string of the molecule is O=C(c1ccn[nH]1)N1CCC(N(Cc2cccnc2)C2CCOCC2)CC1. The van der Waals surface area contributed by atoms with Gasteiger partial charge in [-0.25, -0.2) is 0 Å². The molecule has 0 saturated carbocycles. The van der Waals surface area contributed by atoms with Crippen LogP contribution < -0.4 is 0 Å². The Bertz CT molecular complexity index is 707. The number of pyridine rings is 1. The third-order valence-corrected chi connectivity index (χ3v) is 5.70. The average molecular weight is 369 g/mol. The van der Waals surface area contributed by atoms with Gasteiger partial charge in [0.1, 0.15) is 5.69 Å². The molecule has 0 bridgehead atoms. The summed E-state index contributed by atoms with van der Waals surface area (Å²) >= 11 is 0. The number of ether oxygens (including phenoxy) is 1. The molecule has 1 amide bonds. The summed E-state index contributed by atoms with van der Waals surface area (Å²) in [6, 6.07) is 6.92. The first-order valence-electron chi connectivity index (χ1n) is 9.82. The molecule has 4 rings (SSSR count). The molecule has 2 aliphatic heterocycles. The smallest absolute Gasteiger partial charge is 0.271 e. The highest BCUT2D eigenvalue weighted by molar-refractivity contribution is 5.92. The van der Waals surface area contributed by atoms with Gasteiger partial charge in [0, 0.05) is 63.5 Å². The zero-order chi connectivity index (χ0) is 18.5. The molecule has 4 heterocycles. The first-order valence-corrected chi connectivity index (χ1v) is 9.82. The summed E-state index contributed by atoms with van der Waals surface area (Å²) in [6.07, 6.45) is 9.56. The predicted molar refractivity (Wildman–Crippen MR) is 101 cm³/mol. The van der Waals surface area contributed by atoms with Gasteiger partial charge in [-0.15, -0.1) is 0 Å². The van der Waals surface area contributed by atoms with Gasteiger partial charge in [0.25, 0.3) is 5.91 Å². The number of aromatic amines is 1. The number of carbonyl (C=O) groups excluding carboxylic acids is 1. The van der Waals surface area contributed by atoms with E-state index < -0.39 is 0 Å². The molecule has 1 N–H and O–H groups in total. The van der Waals surface area contributed by atoms with Gasteiger partial charge in [-0.1, -0.05) is 6.07 Å². The monoisotopic (exact) mass is 369 g/mol. The molecular formula is C20H27N5O2. The van der Waals surface area contributed by atoms with E-state index in [2.05, 4.69) is 26.1 Å². The third-order valence-electron chi connectivity index (χ3n) is 5.70. The van der Waals surface area contributed by atoms with Crippen LogP contribution in [0.15, 0.2) is 36.8 Å². The normalized spacial score (nSPS) is 19.5. The molecule has 7 heteroatoms. The minimum atomic E-state index is 0.0517. The molecule has 144 valence electrons. The van der Waals surface area contributed by atoms with Crippen molar-refractivity contribution >= 4 is 5.91 Å². The second-order valence-electron chi connectivity index (χ2n) is 7.37. The Hall–Kier alpha value is -2.25. The first kappa shape index (κ1) is 18.1. The highest BCUT2D eigenvalue weighted by atomic mass is 16.5. The van der Waals surface area contributed by atoms with E-state index in [-0.39, 0.29) is 5.91 Å². The molecule has 7 nitrogen and oxygen atoms in total. The Balaban J connectivity index is 1.42. The lowest BCUT2D eigenvalue weighted by Crippen LogP contribution is -2.51. The van der Waals surface area contributed by atoms with Crippen molar-refractivity contribution in [3.8, 4) is 0 Å². The molecule has 2 fully saturated rings. The molecule has 0 aromatic carbocycles. The van der Waals surface area contributed by atoms with Gasteiger partial charge < -0.3 is 9.64 Å². The van der Waals surface area contributed by atoms with E-state index in [1.807, 2.05) is 23.4 Å². The predicted octanol–water partition coefficient (Wildman–Crippen LogP) is 2.09. The van der Waals surface area contributed by atoms with Gasteiger partial charge in [0.15, 0.2) is 0 Å². The number of hydrogen-bond acceptors (Lipinski definition) is 5. The number of nitrogens with zero attached hydrogens (tertiary/aromatic N) is 4. The van der Waals surface area contributed by atoms with Gasteiger partial charge in [-0.05, 0) is 43.4 Å².